The summed E-state index contributed by atoms with van der Waals surface area (Å²) in [6.07, 6.45) is -4.47. The zero-order valence-corrected chi connectivity index (χ0v) is 12.6. The number of hydrogen-bond donors (Lipinski definition) is 0. The first-order valence-electron chi connectivity index (χ1n) is 6.01. The molecule has 0 saturated carbocycles. The van der Waals surface area contributed by atoms with Crippen LogP contribution in [0.3, 0.4) is 0 Å². The highest BCUT2D eigenvalue weighted by atomic mass is 79.9. The first-order valence-corrected chi connectivity index (χ1v) is 7.13. The Hall–Kier alpha value is -1.56. The minimum absolute atomic E-state index is 0.0146. The summed E-state index contributed by atoms with van der Waals surface area (Å²) in [6.45, 7) is 1.69. The SMILES string of the molecule is Cc1ccc(F)cc1Oc1ccc(CBr)c(C(F)(F)F)c1. The van der Waals surface area contributed by atoms with Crippen LogP contribution in [0.5, 0.6) is 11.5 Å². The third-order valence-electron chi connectivity index (χ3n) is 2.91. The molecule has 112 valence electrons. The number of aryl methyl sites for hydroxylation is 1. The van der Waals surface area contributed by atoms with Crippen LogP contribution in [0.2, 0.25) is 0 Å². The standard InChI is InChI=1S/C15H11BrF4O/c1-9-2-4-11(17)6-14(9)21-12-5-3-10(8-16)13(7-12)15(18,19)20/h2-7H,8H2,1H3. The van der Waals surface area contributed by atoms with E-state index in [-0.39, 0.29) is 22.4 Å². The van der Waals surface area contributed by atoms with Gasteiger partial charge in [-0.05, 0) is 36.2 Å². The van der Waals surface area contributed by atoms with E-state index in [0.29, 0.717) is 5.56 Å². The Bertz CT molecular complexity index is 653. The second-order valence-electron chi connectivity index (χ2n) is 4.46. The number of rotatable bonds is 3. The van der Waals surface area contributed by atoms with Crippen molar-refractivity contribution in [3.05, 3.63) is 58.9 Å². The van der Waals surface area contributed by atoms with Gasteiger partial charge in [0.15, 0.2) is 0 Å². The third-order valence-corrected chi connectivity index (χ3v) is 3.51. The first kappa shape index (κ1) is 15.8. The van der Waals surface area contributed by atoms with Crippen molar-refractivity contribution >= 4 is 15.9 Å². The van der Waals surface area contributed by atoms with Crippen LogP contribution in [-0.2, 0) is 11.5 Å². The maximum absolute atomic E-state index is 13.2. The largest absolute Gasteiger partial charge is 0.457 e. The highest BCUT2D eigenvalue weighted by Crippen LogP contribution is 2.36. The molecule has 0 spiro atoms. The average molecular weight is 363 g/mol. The number of halogens is 5. The lowest BCUT2D eigenvalue weighted by molar-refractivity contribution is -0.138. The maximum Gasteiger partial charge on any atom is 0.416 e. The van der Waals surface area contributed by atoms with E-state index < -0.39 is 17.6 Å². The van der Waals surface area contributed by atoms with Gasteiger partial charge in [-0.15, -0.1) is 0 Å². The predicted octanol–water partition coefficient (Wildman–Crippen LogP) is 5.84. The molecule has 0 N–H and O–H groups in total. The van der Waals surface area contributed by atoms with E-state index in [4.69, 9.17) is 4.74 Å². The molecule has 0 unspecified atom stereocenters. The van der Waals surface area contributed by atoms with E-state index >= 15 is 0 Å². The van der Waals surface area contributed by atoms with Crippen molar-refractivity contribution < 1.29 is 22.3 Å². The summed E-state index contributed by atoms with van der Waals surface area (Å²) in [7, 11) is 0. The van der Waals surface area contributed by atoms with Crippen molar-refractivity contribution in [3.63, 3.8) is 0 Å². The fourth-order valence-corrected chi connectivity index (χ4v) is 2.30. The molecule has 0 aliphatic heterocycles. The minimum Gasteiger partial charge on any atom is -0.457 e. The molecule has 0 aromatic heterocycles. The van der Waals surface area contributed by atoms with E-state index in [9.17, 15) is 17.6 Å². The molecule has 2 aromatic rings. The van der Waals surface area contributed by atoms with Gasteiger partial charge >= 0.3 is 6.18 Å². The molecule has 0 fully saturated rings. The van der Waals surface area contributed by atoms with Crippen LogP contribution in [0.1, 0.15) is 16.7 Å². The van der Waals surface area contributed by atoms with E-state index in [1.165, 1.54) is 24.3 Å². The van der Waals surface area contributed by atoms with Crippen molar-refractivity contribution in [3.8, 4) is 11.5 Å². The molecular formula is C15H11BrF4O. The van der Waals surface area contributed by atoms with Gasteiger partial charge in [-0.2, -0.15) is 13.2 Å². The monoisotopic (exact) mass is 362 g/mol. The molecule has 0 heterocycles. The van der Waals surface area contributed by atoms with E-state index in [1.807, 2.05) is 0 Å². The molecule has 2 aromatic carbocycles. The van der Waals surface area contributed by atoms with Crippen LogP contribution in [0.15, 0.2) is 36.4 Å². The van der Waals surface area contributed by atoms with Crippen LogP contribution in [0.4, 0.5) is 17.6 Å². The smallest absolute Gasteiger partial charge is 0.416 e. The van der Waals surface area contributed by atoms with Crippen molar-refractivity contribution in [2.45, 2.75) is 18.4 Å². The van der Waals surface area contributed by atoms with Gasteiger partial charge in [0.2, 0.25) is 0 Å². The molecule has 0 aliphatic rings. The van der Waals surface area contributed by atoms with Gasteiger partial charge in [-0.25, -0.2) is 4.39 Å². The van der Waals surface area contributed by atoms with Crippen LogP contribution in [-0.4, -0.2) is 0 Å². The second-order valence-corrected chi connectivity index (χ2v) is 5.02. The van der Waals surface area contributed by atoms with Gasteiger partial charge in [0, 0.05) is 11.4 Å². The number of benzene rings is 2. The topological polar surface area (TPSA) is 9.23 Å². The van der Waals surface area contributed by atoms with Crippen molar-refractivity contribution in [2.24, 2.45) is 0 Å². The molecule has 0 amide bonds. The lowest BCUT2D eigenvalue weighted by Gasteiger charge is -2.14. The van der Waals surface area contributed by atoms with Gasteiger partial charge in [0.25, 0.3) is 0 Å². The van der Waals surface area contributed by atoms with E-state index in [2.05, 4.69) is 15.9 Å². The zero-order valence-electron chi connectivity index (χ0n) is 11.0. The van der Waals surface area contributed by atoms with Gasteiger partial charge in [-0.1, -0.05) is 28.1 Å². The summed E-state index contributed by atoms with van der Waals surface area (Å²) < 4.78 is 57.4. The molecule has 1 nitrogen and oxygen atoms in total. The maximum atomic E-state index is 13.2. The number of hydrogen-bond acceptors (Lipinski definition) is 1. The Balaban J connectivity index is 2.39. The molecule has 2 rings (SSSR count). The summed E-state index contributed by atoms with van der Waals surface area (Å²) in [5.41, 5.74) is -0.0220. The zero-order chi connectivity index (χ0) is 15.6. The molecule has 21 heavy (non-hydrogen) atoms. The average Bonchev–Trinajstić information content (AvgIpc) is 2.42. The fourth-order valence-electron chi connectivity index (χ4n) is 1.81. The molecular weight excluding hydrogens is 352 g/mol. The molecule has 0 radical (unpaired) electrons. The predicted molar refractivity (Wildman–Crippen MR) is 75.3 cm³/mol. The van der Waals surface area contributed by atoms with Crippen molar-refractivity contribution in [1.82, 2.24) is 0 Å². The Morgan fingerprint density at radius 1 is 1.10 bits per heavy atom. The highest BCUT2D eigenvalue weighted by molar-refractivity contribution is 9.08. The van der Waals surface area contributed by atoms with E-state index in [0.717, 1.165) is 12.1 Å². The lowest BCUT2D eigenvalue weighted by atomic mass is 10.1. The van der Waals surface area contributed by atoms with Crippen LogP contribution in [0, 0.1) is 12.7 Å². The van der Waals surface area contributed by atoms with Gasteiger partial charge in [0.05, 0.1) is 5.56 Å². The quantitative estimate of drug-likeness (QED) is 0.492. The summed E-state index contributed by atoms with van der Waals surface area (Å²) in [6, 6.07) is 7.58. The summed E-state index contributed by atoms with van der Waals surface area (Å²) in [4.78, 5) is 0. The minimum atomic E-state index is -4.47. The Kier molecular flexibility index (Phi) is 4.56. The summed E-state index contributed by atoms with van der Waals surface area (Å²) in [5, 5.41) is 0.0844. The molecule has 6 heteroatoms. The fraction of sp³-hybridized carbons (Fsp3) is 0.200. The summed E-state index contributed by atoms with van der Waals surface area (Å²) in [5.74, 6) is -0.306. The molecule has 0 aliphatic carbocycles. The summed E-state index contributed by atoms with van der Waals surface area (Å²) >= 11 is 3.02. The van der Waals surface area contributed by atoms with Crippen molar-refractivity contribution in [1.29, 1.82) is 0 Å². The van der Waals surface area contributed by atoms with Crippen LogP contribution < -0.4 is 4.74 Å². The highest BCUT2D eigenvalue weighted by Gasteiger charge is 2.33. The van der Waals surface area contributed by atoms with Gasteiger partial charge in [-0.3, -0.25) is 0 Å². The molecule has 0 atom stereocenters. The third kappa shape index (κ3) is 3.75. The van der Waals surface area contributed by atoms with Crippen LogP contribution >= 0.6 is 15.9 Å². The Labute approximate surface area is 127 Å². The van der Waals surface area contributed by atoms with Crippen molar-refractivity contribution in [2.75, 3.05) is 0 Å². The van der Waals surface area contributed by atoms with Crippen LogP contribution in [0.25, 0.3) is 0 Å². The second kappa shape index (κ2) is 6.05. The lowest BCUT2D eigenvalue weighted by Crippen LogP contribution is -2.08. The first-order chi connectivity index (χ1) is 9.81. The Morgan fingerprint density at radius 2 is 1.81 bits per heavy atom. The van der Waals surface area contributed by atoms with Gasteiger partial charge in [0.1, 0.15) is 17.3 Å². The number of ether oxygens (including phenoxy) is 1. The normalized spacial score (nSPS) is 11.5. The molecule has 0 bridgehead atoms. The number of alkyl halides is 4. The Morgan fingerprint density at radius 3 is 2.43 bits per heavy atom. The van der Waals surface area contributed by atoms with Gasteiger partial charge < -0.3 is 4.74 Å². The molecule has 0 saturated heterocycles. The van der Waals surface area contributed by atoms with E-state index in [1.54, 1.807) is 6.92 Å².